The molecule has 0 radical (unpaired) electrons. The molecule has 0 aromatic heterocycles. The first-order valence-electron chi connectivity index (χ1n) is 9.42. The maximum Gasteiger partial charge on any atom is 0.0636 e. The van der Waals surface area contributed by atoms with Gasteiger partial charge >= 0.3 is 0 Å². The number of anilines is 1. The van der Waals surface area contributed by atoms with Crippen molar-refractivity contribution in [1.29, 1.82) is 0 Å². The van der Waals surface area contributed by atoms with Gasteiger partial charge in [-0.1, -0.05) is 89.2 Å². The predicted molar refractivity (Wildman–Crippen MR) is 108 cm³/mol. The van der Waals surface area contributed by atoms with Crippen molar-refractivity contribution in [3.05, 3.63) is 23.2 Å². The fraction of sp³-hybridized carbons (Fsp3) is 0.700. The summed E-state index contributed by atoms with van der Waals surface area (Å²) in [4.78, 5) is 1.23. The number of halogens is 1. The van der Waals surface area contributed by atoms with Gasteiger partial charge in [-0.05, 0) is 30.4 Å². The van der Waals surface area contributed by atoms with Gasteiger partial charge in [0, 0.05) is 4.90 Å². The van der Waals surface area contributed by atoms with Crippen LogP contribution in [0.25, 0.3) is 0 Å². The Morgan fingerprint density at radius 1 is 0.826 bits per heavy atom. The van der Waals surface area contributed by atoms with Crippen LogP contribution in [0.3, 0.4) is 0 Å². The topological polar surface area (TPSA) is 26.0 Å². The number of thioether (sulfide) groups is 1. The van der Waals surface area contributed by atoms with E-state index in [1.165, 1.54) is 87.7 Å². The van der Waals surface area contributed by atoms with Crippen LogP contribution in [0.1, 0.15) is 84.0 Å². The van der Waals surface area contributed by atoms with Gasteiger partial charge in [0.25, 0.3) is 0 Å². The van der Waals surface area contributed by atoms with E-state index in [1.54, 1.807) is 0 Å². The summed E-state index contributed by atoms with van der Waals surface area (Å²) in [6.07, 6.45) is 16.8. The molecule has 1 rings (SSSR count). The van der Waals surface area contributed by atoms with Crippen LogP contribution in [-0.2, 0) is 0 Å². The first kappa shape index (κ1) is 20.7. The van der Waals surface area contributed by atoms with E-state index < -0.39 is 0 Å². The molecule has 0 saturated carbocycles. The van der Waals surface area contributed by atoms with E-state index in [1.807, 2.05) is 23.9 Å². The summed E-state index contributed by atoms with van der Waals surface area (Å²) in [6.45, 7) is 2.28. The molecule has 1 nitrogen and oxygen atoms in total. The number of hydrogen-bond acceptors (Lipinski definition) is 2. The molecule has 0 bridgehead atoms. The van der Waals surface area contributed by atoms with Crippen molar-refractivity contribution < 1.29 is 0 Å². The van der Waals surface area contributed by atoms with Crippen molar-refractivity contribution >= 4 is 29.1 Å². The van der Waals surface area contributed by atoms with Crippen LogP contribution in [0, 0.1) is 0 Å². The van der Waals surface area contributed by atoms with Gasteiger partial charge in [-0.15, -0.1) is 11.8 Å². The second kappa shape index (κ2) is 14.0. The van der Waals surface area contributed by atoms with Crippen LogP contribution in [-0.4, -0.2) is 5.75 Å². The number of benzene rings is 1. The molecule has 23 heavy (non-hydrogen) atoms. The Morgan fingerprint density at radius 2 is 1.35 bits per heavy atom. The summed E-state index contributed by atoms with van der Waals surface area (Å²) in [5.41, 5.74) is 6.51. The highest BCUT2D eigenvalue weighted by atomic mass is 35.5. The van der Waals surface area contributed by atoms with Crippen LogP contribution in [0.15, 0.2) is 23.1 Å². The zero-order valence-corrected chi connectivity index (χ0v) is 16.4. The monoisotopic (exact) mass is 355 g/mol. The molecule has 0 unspecified atom stereocenters. The molecule has 0 amide bonds. The molecule has 0 saturated heterocycles. The smallest absolute Gasteiger partial charge is 0.0636 e. The number of rotatable bonds is 14. The van der Waals surface area contributed by atoms with E-state index in [9.17, 15) is 0 Å². The number of nitrogens with two attached hydrogens (primary N) is 1. The third-order valence-corrected chi connectivity index (χ3v) is 5.66. The number of hydrogen-bond donors (Lipinski definition) is 1. The van der Waals surface area contributed by atoms with Gasteiger partial charge in [-0.2, -0.15) is 0 Å². The summed E-state index contributed by atoms with van der Waals surface area (Å²) in [7, 11) is 0. The van der Waals surface area contributed by atoms with Crippen molar-refractivity contribution in [3.63, 3.8) is 0 Å². The molecule has 3 heteroatoms. The lowest BCUT2D eigenvalue weighted by molar-refractivity contribution is 0.548. The lowest BCUT2D eigenvalue weighted by Crippen LogP contribution is -1.87. The molecule has 1 aromatic carbocycles. The van der Waals surface area contributed by atoms with E-state index >= 15 is 0 Å². The average Bonchev–Trinajstić information content (AvgIpc) is 2.55. The molecule has 0 spiro atoms. The minimum atomic E-state index is 0.653. The number of unbranched alkanes of at least 4 members (excludes halogenated alkanes) is 11. The standard InChI is InChI=1S/C20H34ClNS/c1-2-3-4-5-6-7-8-9-10-11-12-13-16-23-18-14-15-19(21)20(22)17-18/h14-15,17H,2-13,16,22H2,1H3. The maximum atomic E-state index is 5.93. The molecule has 0 fully saturated rings. The Bertz CT molecular complexity index is 409. The molecule has 0 atom stereocenters. The van der Waals surface area contributed by atoms with E-state index in [0.29, 0.717) is 10.7 Å². The molecule has 0 aliphatic carbocycles. The fourth-order valence-corrected chi connectivity index (χ4v) is 3.82. The highest BCUT2D eigenvalue weighted by molar-refractivity contribution is 7.99. The second-order valence-electron chi connectivity index (χ2n) is 6.42. The lowest BCUT2D eigenvalue weighted by Gasteiger charge is -2.05. The summed E-state index contributed by atoms with van der Waals surface area (Å²) in [6, 6.07) is 5.93. The van der Waals surface area contributed by atoms with Crippen molar-refractivity contribution in [2.45, 2.75) is 88.9 Å². The van der Waals surface area contributed by atoms with Gasteiger partial charge in [0.15, 0.2) is 0 Å². The van der Waals surface area contributed by atoms with Crippen LogP contribution in [0.4, 0.5) is 5.69 Å². The SMILES string of the molecule is CCCCCCCCCCCCCCSc1ccc(Cl)c(N)c1. The first-order valence-corrected chi connectivity index (χ1v) is 10.8. The molecule has 0 heterocycles. The van der Waals surface area contributed by atoms with E-state index in [2.05, 4.69) is 13.0 Å². The highest BCUT2D eigenvalue weighted by Gasteiger charge is 1.99. The second-order valence-corrected chi connectivity index (χ2v) is 8.00. The van der Waals surface area contributed by atoms with Gasteiger partial charge in [0.1, 0.15) is 0 Å². The van der Waals surface area contributed by atoms with Crippen molar-refractivity contribution in [2.75, 3.05) is 11.5 Å². The Morgan fingerprint density at radius 3 is 1.87 bits per heavy atom. The van der Waals surface area contributed by atoms with Crippen molar-refractivity contribution in [1.82, 2.24) is 0 Å². The third kappa shape index (κ3) is 10.9. The Kier molecular flexibility index (Phi) is 12.6. The molecule has 2 N–H and O–H groups in total. The Balaban J connectivity index is 1.85. The molecule has 0 aliphatic rings. The van der Waals surface area contributed by atoms with Crippen LogP contribution in [0.2, 0.25) is 5.02 Å². The average molecular weight is 356 g/mol. The van der Waals surface area contributed by atoms with Crippen molar-refractivity contribution in [3.8, 4) is 0 Å². The van der Waals surface area contributed by atoms with Gasteiger partial charge in [-0.25, -0.2) is 0 Å². The minimum Gasteiger partial charge on any atom is -0.397 e. The zero-order chi connectivity index (χ0) is 16.8. The van der Waals surface area contributed by atoms with Gasteiger partial charge in [0.2, 0.25) is 0 Å². The summed E-state index contributed by atoms with van der Waals surface area (Å²) in [5, 5.41) is 0.653. The summed E-state index contributed by atoms with van der Waals surface area (Å²) in [5.74, 6) is 1.18. The van der Waals surface area contributed by atoms with Gasteiger partial charge in [-0.3, -0.25) is 0 Å². The van der Waals surface area contributed by atoms with Crippen LogP contribution < -0.4 is 5.73 Å². The van der Waals surface area contributed by atoms with Gasteiger partial charge in [0.05, 0.1) is 10.7 Å². The Labute approximate surface area is 152 Å². The molecule has 132 valence electrons. The van der Waals surface area contributed by atoms with Crippen LogP contribution in [0.5, 0.6) is 0 Å². The van der Waals surface area contributed by atoms with E-state index in [0.717, 1.165) is 0 Å². The van der Waals surface area contributed by atoms with Gasteiger partial charge < -0.3 is 5.73 Å². The normalized spacial score (nSPS) is 11.0. The summed E-state index contributed by atoms with van der Waals surface area (Å²) < 4.78 is 0. The predicted octanol–water partition coefficient (Wildman–Crippen LogP) is 7.72. The quantitative estimate of drug-likeness (QED) is 0.210. The summed E-state index contributed by atoms with van der Waals surface area (Å²) >= 11 is 7.82. The van der Waals surface area contributed by atoms with Crippen LogP contribution >= 0.6 is 23.4 Å². The van der Waals surface area contributed by atoms with E-state index in [-0.39, 0.29) is 0 Å². The molecule has 1 aromatic rings. The van der Waals surface area contributed by atoms with E-state index in [4.69, 9.17) is 17.3 Å². The highest BCUT2D eigenvalue weighted by Crippen LogP contribution is 2.26. The molecular weight excluding hydrogens is 322 g/mol. The Hall–Kier alpha value is -0.340. The molecule has 0 aliphatic heterocycles. The lowest BCUT2D eigenvalue weighted by atomic mass is 10.1. The minimum absolute atomic E-state index is 0.653. The fourth-order valence-electron chi connectivity index (χ4n) is 2.74. The molecular formula is C20H34ClNS. The van der Waals surface area contributed by atoms with Crippen molar-refractivity contribution in [2.24, 2.45) is 0 Å². The zero-order valence-electron chi connectivity index (χ0n) is 14.8. The number of nitrogen functional groups attached to an aromatic ring is 1. The first-order chi connectivity index (χ1) is 11.2. The maximum absolute atomic E-state index is 5.93. The third-order valence-electron chi connectivity index (χ3n) is 4.23. The largest absolute Gasteiger partial charge is 0.397 e.